The Morgan fingerprint density at radius 1 is 0.977 bits per heavy atom. The van der Waals surface area contributed by atoms with E-state index in [2.05, 4.69) is 10.5 Å². The van der Waals surface area contributed by atoms with E-state index in [1.54, 1.807) is 17.0 Å². The highest BCUT2D eigenvalue weighted by atomic mass is 19.1. The first-order valence-electron chi connectivity index (χ1n) is 14.3. The van der Waals surface area contributed by atoms with E-state index in [-0.39, 0.29) is 57.5 Å². The van der Waals surface area contributed by atoms with Crippen molar-refractivity contribution < 1.29 is 33.1 Å². The Morgan fingerprint density at radius 3 is 2.36 bits per heavy atom. The number of anilines is 2. The number of carbonyl (C=O) groups is 3. The van der Waals surface area contributed by atoms with Crippen LogP contribution < -0.4 is 15.1 Å². The van der Waals surface area contributed by atoms with Gasteiger partial charge in [0.2, 0.25) is 5.91 Å². The zero-order valence-electron chi connectivity index (χ0n) is 24.4. The molecule has 0 spiro atoms. The van der Waals surface area contributed by atoms with Crippen LogP contribution in [0.1, 0.15) is 18.1 Å². The number of benzene rings is 3. The Balaban J connectivity index is 1.30. The number of rotatable bonds is 9. The molecule has 3 amide bonds. The number of cyclic esters (lactones) is 1. The summed E-state index contributed by atoms with van der Waals surface area (Å²) in [5.74, 6) is -0.783. The van der Waals surface area contributed by atoms with Crippen LogP contribution in [0.15, 0.2) is 84.0 Å². The number of ether oxygens (including phenoxy) is 2. The summed E-state index contributed by atoms with van der Waals surface area (Å²) < 4.78 is 26.5. The van der Waals surface area contributed by atoms with Crippen LogP contribution in [0.3, 0.4) is 0 Å². The van der Waals surface area contributed by atoms with Crippen molar-refractivity contribution in [1.29, 1.82) is 0 Å². The molecule has 3 aromatic carbocycles. The van der Waals surface area contributed by atoms with E-state index in [4.69, 9.17) is 14.3 Å². The summed E-state index contributed by atoms with van der Waals surface area (Å²) in [5, 5.41) is 6.95. The fourth-order valence-electron chi connectivity index (χ4n) is 4.91. The highest BCUT2D eigenvalue weighted by Gasteiger charge is 2.33. The van der Waals surface area contributed by atoms with Crippen molar-refractivity contribution in [2.24, 2.45) is 5.16 Å². The summed E-state index contributed by atoms with van der Waals surface area (Å²) >= 11 is 0. The predicted molar refractivity (Wildman–Crippen MR) is 162 cm³/mol. The van der Waals surface area contributed by atoms with Gasteiger partial charge in [0.1, 0.15) is 25.1 Å². The Morgan fingerprint density at radius 2 is 1.68 bits per heavy atom. The summed E-state index contributed by atoms with van der Waals surface area (Å²) in [5.41, 5.74) is 2.93. The van der Waals surface area contributed by atoms with Crippen molar-refractivity contribution in [3.63, 3.8) is 0 Å². The summed E-state index contributed by atoms with van der Waals surface area (Å²) in [6.45, 7) is 3.00. The van der Waals surface area contributed by atoms with Gasteiger partial charge in [-0.05, 0) is 29.3 Å². The van der Waals surface area contributed by atoms with E-state index >= 15 is 4.39 Å². The smallest absolute Gasteiger partial charge is 0.414 e. The summed E-state index contributed by atoms with van der Waals surface area (Å²) in [6.07, 6.45) is -1.66. The minimum Gasteiger partial charge on any atom is -0.445 e. The summed E-state index contributed by atoms with van der Waals surface area (Å²) in [6, 6.07) is 23.4. The van der Waals surface area contributed by atoms with Gasteiger partial charge in [-0.1, -0.05) is 65.8 Å². The minimum absolute atomic E-state index is 0.123. The van der Waals surface area contributed by atoms with Crippen LogP contribution in [0, 0.1) is 5.82 Å². The number of carbonyl (C=O) groups excluding carboxylic acids is 3. The van der Waals surface area contributed by atoms with Crippen LogP contribution in [0.4, 0.5) is 25.4 Å². The van der Waals surface area contributed by atoms with Crippen molar-refractivity contribution >= 4 is 35.2 Å². The molecule has 2 aliphatic heterocycles. The molecule has 0 bridgehead atoms. The lowest BCUT2D eigenvalue weighted by Gasteiger charge is -2.24. The van der Waals surface area contributed by atoms with Gasteiger partial charge in [0, 0.05) is 20.0 Å². The molecule has 1 atom stereocenters. The minimum atomic E-state index is -0.614. The van der Waals surface area contributed by atoms with E-state index in [0.717, 1.165) is 11.1 Å². The van der Waals surface area contributed by atoms with Crippen LogP contribution in [0.5, 0.6) is 0 Å². The standard InChI is InChI=1S/C32H34FN5O6/c1-23(39)34-17-28-20-38(32(41)44-28)27-12-13-30(29(33)16-27)36-14-15-37(31(40)42-21-24-8-4-2-5-9-24)19-26(18-36)35-43-22-25-10-6-3-7-11-25/h2-13,16,28H,14-15,17-22H2,1H3,(H,34,39)/b35-26-/t28-/m0/s1. The molecule has 11 nitrogen and oxygen atoms in total. The molecule has 2 fully saturated rings. The molecule has 0 aromatic heterocycles. The van der Waals surface area contributed by atoms with E-state index < -0.39 is 24.1 Å². The maximum atomic E-state index is 15.6. The van der Waals surface area contributed by atoms with Gasteiger partial charge >= 0.3 is 12.2 Å². The van der Waals surface area contributed by atoms with Crippen molar-refractivity contribution in [3.05, 3.63) is 95.8 Å². The molecule has 12 heteroatoms. The van der Waals surface area contributed by atoms with Gasteiger partial charge in [-0.15, -0.1) is 0 Å². The normalized spacial score (nSPS) is 17.7. The SMILES string of the molecule is CC(=O)NC[C@H]1CN(c2ccc(N3CCN(C(=O)OCc4ccccc4)C/C(=N\OCc4ccccc4)C3)c(F)c2)C(=O)O1. The van der Waals surface area contributed by atoms with Crippen molar-refractivity contribution in [2.75, 3.05) is 49.1 Å². The average Bonchev–Trinajstić information content (AvgIpc) is 3.27. The third kappa shape index (κ3) is 8.03. The van der Waals surface area contributed by atoms with E-state index in [1.807, 2.05) is 60.7 Å². The van der Waals surface area contributed by atoms with Gasteiger partial charge in [-0.25, -0.2) is 14.0 Å². The van der Waals surface area contributed by atoms with Crippen molar-refractivity contribution in [3.8, 4) is 0 Å². The lowest BCUT2D eigenvalue weighted by atomic mass is 10.2. The first-order chi connectivity index (χ1) is 21.4. The number of halogens is 1. The zero-order chi connectivity index (χ0) is 30.9. The monoisotopic (exact) mass is 603 g/mol. The predicted octanol–water partition coefficient (Wildman–Crippen LogP) is 4.32. The maximum absolute atomic E-state index is 15.6. The number of oxime groups is 1. The van der Waals surface area contributed by atoms with Crippen molar-refractivity contribution in [1.82, 2.24) is 10.2 Å². The lowest BCUT2D eigenvalue weighted by Crippen LogP contribution is -2.36. The third-order valence-electron chi connectivity index (χ3n) is 7.15. The summed E-state index contributed by atoms with van der Waals surface area (Å²) in [7, 11) is 0. The summed E-state index contributed by atoms with van der Waals surface area (Å²) in [4.78, 5) is 47.0. The fourth-order valence-corrected chi connectivity index (χ4v) is 4.91. The fraction of sp³-hybridized carbons (Fsp3) is 0.312. The molecule has 0 radical (unpaired) electrons. The van der Waals surface area contributed by atoms with Gasteiger partial charge in [0.15, 0.2) is 0 Å². The van der Waals surface area contributed by atoms with Crippen LogP contribution in [-0.4, -0.2) is 74.1 Å². The molecule has 0 aliphatic carbocycles. The van der Waals surface area contributed by atoms with Crippen LogP contribution in [0.25, 0.3) is 0 Å². The molecule has 0 unspecified atom stereocenters. The second kappa shape index (κ2) is 14.4. The Kier molecular flexibility index (Phi) is 9.90. The van der Waals surface area contributed by atoms with E-state index in [9.17, 15) is 14.4 Å². The van der Waals surface area contributed by atoms with Gasteiger partial charge in [0.25, 0.3) is 0 Å². The molecule has 5 rings (SSSR count). The number of hydrogen-bond donors (Lipinski definition) is 1. The number of hydrogen-bond acceptors (Lipinski definition) is 8. The number of nitrogens with zero attached hydrogens (tertiary/aromatic N) is 4. The highest BCUT2D eigenvalue weighted by molar-refractivity contribution is 5.93. The molecule has 2 heterocycles. The first kappa shape index (κ1) is 30.3. The Labute approximate surface area is 254 Å². The number of amides is 3. The molecule has 230 valence electrons. The number of nitrogens with one attached hydrogen (secondary N) is 1. The Bertz CT molecular complexity index is 1490. The lowest BCUT2D eigenvalue weighted by molar-refractivity contribution is -0.119. The molecule has 3 aromatic rings. The molecule has 2 saturated heterocycles. The van der Waals surface area contributed by atoms with Gasteiger partial charge in [-0.3, -0.25) is 9.69 Å². The third-order valence-corrected chi connectivity index (χ3v) is 7.15. The van der Waals surface area contributed by atoms with Gasteiger partial charge in [-0.2, -0.15) is 0 Å². The van der Waals surface area contributed by atoms with Crippen LogP contribution >= 0.6 is 0 Å². The van der Waals surface area contributed by atoms with E-state index in [1.165, 1.54) is 22.8 Å². The van der Waals surface area contributed by atoms with Crippen LogP contribution in [-0.2, 0) is 32.3 Å². The molecule has 2 aliphatic rings. The first-order valence-corrected chi connectivity index (χ1v) is 14.3. The van der Waals surface area contributed by atoms with Crippen LogP contribution in [0.2, 0.25) is 0 Å². The topological polar surface area (TPSA) is 113 Å². The average molecular weight is 604 g/mol. The molecule has 1 N–H and O–H groups in total. The Hall–Kier alpha value is -5.13. The second-order valence-corrected chi connectivity index (χ2v) is 10.5. The maximum Gasteiger partial charge on any atom is 0.414 e. The van der Waals surface area contributed by atoms with Gasteiger partial charge in [0.05, 0.1) is 43.3 Å². The quantitative estimate of drug-likeness (QED) is 0.363. The van der Waals surface area contributed by atoms with Crippen molar-refractivity contribution in [2.45, 2.75) is 26.2 Å². The van der Waals surface area contributed by atoms with Gasteiger partial charge < -0.3 is 29.4 Å². The second-order valence-electron chi connectivity index (χ2n) is 10.5. The molecular weight excluding hydrogens is 569 g/mol. The van der Waals surface area contributed by atoms with E-state index in [0.29, 0.717) is 17.9 Å². The molecule has 44 heavy (non-hydrogen) atoms. The molecular formula is C32H34FN5O6. The zero-order valence-corrected chi connectivity index (χ0v) is 24.4. The molecule has 0 saturated carbocycles. The highest BCUT2D eigenvalue weighted by Crippen LogP contribution is 2.28. The largest absolute Gasteiger partial charge is 0.445 e.